The Morgan fingerprint density at radius 3 is 2.63 bits per heavy atom. The molecule has 6 heteroatoms. The van der Waals surface area contributed by atoms with Crippen LogP contribution in [0.5, 0.6) is 0 Å². The van der Waals surface area contributed by atoms with Crippen LogP contribution in [0.25, 0.3) is 10.9 Å². The Morgan fingerprint density at radius 2 is 1.70 bits per heavy atom. The highest BCUT2D eigenvalue weighted by molar-refractivity contribution is 5.81. The van der Waals surface area contributed by atoms with Gasteiger partial charge in [-0.05, 0) is 50.9 Å². The van der Waals surface area contributed by atoms with Gasteiger partial charge in [-0.1, -0.05) is 18.2 Å². The molecule has 2 saturated heterocycles. The molecular formula is C21H28N6. The molecular weight excluding hydrogens is 336 g/mol. The number of fused-ring (bicyclic) bond motifs is 1. The monoisotopic (exact) mass is 364 g/mol. The van der Waals surface area contributed by atoms with Gasteiger partial charge in [0.15, 0.2) is 0 Å². The van der Waals surface area contributed by atoms with Gasteiger partial charge in [-0.25, -0.2) is 0 Å². The van der Waals surface area contributed by atoms with Crippen molar-refractivity contribution in [1.82, 2.24) is 30.2 Å². The van der Waals surface area contributed by atoms with Crippen LogP contribution >= 0.6 is 0 Å². The van der Waals surface area contributed by atoms with Gasteiger partial charge in [0.25, 0.3) is 0 Å². The normalized spacial score (nSPS) is 22.0. The summed E-state index contributed by atoms with van der Waals surface area (Å²) in [6, 6.07) is 6.48. The van der Waals surface area contributed by atoms with E-state index in [4.69, 9.17) is 0 Å². The van der Waals surface area contributed by atoms with Crippen LogP contribution in [0.1, 0.15) is 48.4 Å². The third-order valence-corrected chi connectivity index (χ3v) is 6.21. The highest BCUT2D eigenvalue weighted by Crippen LogP contribution is 2.30. The van der Waals surface area contributed by atoms with E-state index in [1.165, 1.54) is 66.5 Å². The highest BCUT2D eigenvalue weighted by atomic mass is 15.2. The Morgan fingerprint density at radius 1 is 0.889 bits per heavy atom. The molecule has 4 heterocycles. The van der Waals surface area contributed by atoms with Gasteiger partial charge in [-0.3, -0.25) is 20.0 Å². The van der Waals surface area contributed by atoms with E-state index in [1.807, 2.05) is 6.20 Å². The highest BCUT2D eigenvalue weighted by Gasteiger charge is 2.26. The summed E-state index contributed by atoms with van der Waals surface area (Å²) in [4.78, 5) is 5.15. The molecule has 2 fully saturated rings. The number of piperidine rings is 1. The summed E-state index contributed by atoms with van der Waals surface area (Å²) in [5.41, 5.74) is 5.29. The predicted molar refractivity (Wildman–Crippen MR) is 106 cm³/mol. The van der Waals surface area contributed by atoms with E-state index in [0.29, 0.717) is 5.92 Å². The second-order valence-corrected chi connectivity index (χ2v) is 8.12. The fourth-order valence-electron chi connectivity index (χ4n) is 4.82. The van der Waals surface area contributed by atoms with E-state index in [0.717, 1.165) is 26.2 Å². The van der Waals surface area contributed by atoms with Gasteiger partial charge in [-0.2, -0.15) is 10.2 Å². The number of benzene rings is 1. The zero-order chi connectivity index (χ0) is 18.1. The van der Waals surface area contributed by atoms with Gasteiger partial charge in [-0.15, -0.1) is 0 Å². The first-order chi connectivity index (χ1) is 13.4. The van der Waals surface area contributed by atoms with E-state index < -0.39 is 0 Å². The van der Waals surface area contributed by atoms with Crippen LogP contribution in [0, 0.1) is 0 Å². The molecule has 1 atom stereocenters. The van der Waals surface area contributed by atoms with Gasteiger partial charge in [0.05, 0.1) is 17.9 Å². The fraction of sp³-hybridized carbons (Fsp3) is 0.524. The summed E-state index contributed by atoms with van der Waals surface area (Å²) in [7, 11) is 0. The first kappa shape index (κ1) is 17.0. The van der Waals surface area contributed by atoms with Crippen molar-refractivity contribution in [2.75, 3.05) is 26.2 Å². The zero-order valence-electron chi connectivity index (χ0n) is 15.8. The molecule has 0 radical (unpaired) electrons. The predicted octanol–water partition coefficient (Wildman–Crippen LogP) is 3.26. The van der Waals surface area contributed by atoms with Gasteiger partial charge >= 0.3 is 0 Å². The van der Waals surface area contributed by atoms with Gasteiger partial charge in [0.1, 0.15) is 0 Å². The van der Waals surface area contributed by atoms with Crippen molar-refractivity contribution in [1.29, 1.82) is 0 Å². The van der Waals surface area contributed by atoms with Gasteiger partial charge in [0.2, 0.25) is 0 Å². The summed E-state index contributed by atoms with van der Waals surface area (Å²) < 4.78 is 0. The smallest absolute Gasteiger partial charge is 0.0695 e. The van der Waals surface area contributed by atoms with Crippen LogP contribution < -0.4 is 0 Å². The van der Waals surface area contributed by atoms with E-state index in [9.17, 15) is 0 Å². The van der Waals surface area contributed by atoms with Crippen LogP contribution in [0.2, 0.25) is 0 Å². The van der Waals surface area contributed by atoms with Crippen molar-refractivity contribution in [3.05, 3.63) is 47.4 Å². The summed E-state index contributed by atoms with van der Waals surface area (Å²) in [5.74, 6) is 0.555. The van der Waals surface area contributed by atoms with Crippen molar-refractivity contribution in [2.24, 2.45) is 0 Å². The molecule has 0 amide bonds. The van der Waals surface area contributed by atoms with E-state index in [2.05, 4.69) is 54.6 Å². The molecule has 2 aliphatic heterocycles. The number of nitrogens with zero attached hydrogens (tertiary/aromatic N) is 4. The van der Waals surface area contributed by atoms with Crippen LogP contribution in [-0.2, 0) is 13.1 Å². The topological polar surface area (TPSA) is 63.8 Å². The van der Waals surface area contributed by atoms with Gasteiger partial charge in [0, 0.05) is 42.2 Å². The second kappa shape index (κ2) is 7.44. The number of aromatic nitrogens is 4. The average molecular weight is 364 g/mol. The lowest BCUT2D eigenvalue weighted by Crippen LogP contribution is -2.34. The first-order valence-electron chi connectivity index (χ1n) is 10.2. The van der Waals surface area contributed by atoms with Gasteiger partial charge < -0.3 is 0 Å². The molecule has 0 bridgehead atoms. The molecule has 5 rings (SSSR count). The number of hydrogen-bond donors (Lipinski definition) is 2. The zero-order valence-corrected chi connectivity index (χ0v) is 15.8. The van der Waals surface area contributed by atoms with Crippen molar-refractivity contribution < 1.29 is 0 Å². The fourth-order valence-corrected chi connectivity index (χ4v) is 4.82. The third kappa shape index (κ3) is 3.51. The van der Waals surface area contributed by atoms with Crippen LogP contribution in [0.4, 0.5) is 0 Å². The minimum atomic E-state index is 0.555. The number of likely N-dealkylation sites (tertiary alicyclic amines) is 2. The van der Waals surface area contributed by atoms with Crippen molar-refractivity contribution >= 4 is 10.9 Å². The Hall–Kier alpha value is -2.18. The van der Waals surface area contributed by atoms with E-state index >= 15 is 0 Å². The van der Waals surface area contributed by atoms with Crippen molar-refractivity contribution in [2.45, 2.75) is 44.7 Å². The van der Waals surface area contributed by atoms with Crippen LogP contribution in [0.3, 0.4) is 0 Å². The number of aromatic amines is 2. The molecule has 1 aromatic carbocycles. The molecule has 0 aliphatic carbocycles. The number of nitrogens with one attached hydrogen (secondary N) is 2. The largest absolute Gasteiger partial charge is 0.299 e. The molecule has 0 spiro atoms. The maximum Gasteiger partial charge on any atom is 0.0695 e. The summed E-state index contributed by atoms with van der Waals surface area (Å²) in [5, 5.41) is 16.3. The third-order valence-electron chi connectivity index (χ3n) is 6.21. The van der Waals surface area contributed by atoms with Crippen molar-refractivity contribution in [3.8, 4) is 0 Å². The lowest BCUT2D eigenvalue weighted by Gasteiger charge is -2.33. The van der Waals surface area contributed by atoms with Crippen LogP contribution in [0.15, 0.2) is 30.6 Å². The summed E-state index contributed by atoms with van der Waals surface area (Å²) >= 11 is 0. The lowest BCUT2D eigenvalue weighted by atomic mass is 9.92. The van der Waals surface area contributed by atoms with Crippen LogP contribution in [-0.4, -0.2) is 56.4 Å². The summed E-state index contributed by atoms with van der Waals surface area (Å²) in [6.07, 6.45) is 9.13. The molecule has 2 aliphatic rings. The first-order valence-corrected chi connectivity index (χ1v) is 10.2. The minimum absolute atomic E-state index is 0.555. The molecule has 6 nitrogen and oxygen atoms in total. The maximum absolute atomic E-state index is 4.40. The SMILES string of the molecule is c1cc(CN2CCC[C@H](c3[nH]ncc3CN3CCCC3)C2)c2[nH]ncc2c1. The molecule has 142 valence electrons. The molecule has 0 saturated carbocycles. The lowest BCUT2D eigenvalue weighted by molar-refractivity contribution is 0.198. The number of H-pyrrole nitrogens is 2. The molecule has 27 heavy (non-hydrogen) atoms. The Bertz CT molecular complexity index is 891. The Labute approximate surface area is 159 Å². The Balaban J connectivity index is 1.30. The Kier molecular flexibility index (Phi) is 4.67. The number of rotatable bonds is 5. The second-order valence-electron chi connectivity index (χ2n) is 8.12. The average Bonchev–Trinajstić information content (AvgIpc) is 3.44. The molecule has 0 unspecified atom stereocenters. The quantitative estimate of drug-likeness (QED) is 0.729. The molecule has 2 N–H and O–H groups in total. The van der Waals surface area contributed by atoms with Crippen molar-refractivity contribution in [3.63, 3.8) is 0 Å². The maximum atomic E-state index is 4.40. The number of hydrogen-bond acceptors (Lipinski definition) is 4. The summed E-state index contributed by atoms with van der Waals surface area (Å²) in [6.45, 7) is 6.75. The molecule has 2 aromatic heterocycles. The van der Waals surface area contributed by atoms with E-state index in [1.54, 1.807) is 0 Å². The number of para-hydroxylation sites is 1. The van der Waals surface area contributed by atoms with E-state index in [-0.39, 0.29) is 0 Å². The standard InChI is InChI=1S/C21H28N6/c1-2-9-26(8-1)15-19-12-23-25-21(19)18-7-4-10-27(14-18)13-17-6-3-5-16-11-22-24-20(16)17/h3,5-6,11-12,18H,1-2,4,7-10,13-15H2,(H,22,24)(H,23,25)/t18-/m0/s1. The minimum Gasteiger partial charge on any atom is -0.299 e. The molecule has 3 aromatic rings.